The third-order valence-corrected chi connectivity index (χ3v) is 2.99. The summed E-state index contributed by atoms with van der Waals surface area (Å²) in [6, 6.07) is 6.38. The molecule has 2 atom stereocenters. The Morgan fingerprint density at radius 3 is 2.40 bits per heavy atom. The van der Waals surface area contributed by atoms with Gasteiger partial charge in [0.15, 0.2) is 0 Å². The summed E-state index contributed by atoms with van der Waals surface area (Å²) in [4.78, 5) is 0. The number of rotatable bonds is 7. The van der Waals surface area contributed by atoms with Crippen LogP contribution in [0.3, 0.4) is 0 Å². The maximum atomic E-state index is 13.9. The van der Waals surface area contributed by atoms with E-state index < -0.39 is 6.10 Å². The average molecular weight is 283 g/mol. The molecule has 3 nitrogen and oxygen atoms in total. The van der Waals surface area contributed by atoms with Crippen LogP contribution < -0.4 is 5.73 Å². The van der Waals surface area contributed by atoms with Crippen molar-refractivity contribution in [3.63, 3.8) is 0 Å². The van der Waals surface area contributed by atoms with Crippen LogP contribution in [0.4, 0.5) is 4.39 Å². The Morgan fingerprint density at radius 1 is 1.20 bits per heavy atom. The van der Waals surface area contributed by atoms with Gasteiger partial charge in [-0.05, 0) is 33.3 Å². The third-order valence-electron chi connectivity index (χ3n) is 2.99. The monoisotopic (exact) mass is 283 g/mol. The van der Waals surface area contributed by atoms with Gasteiger partial charge in [-0.3, -0.25) is 0 Å². The first-order chi connectivity index (χ1) is 9.35. The van der Waals surface area contributed by atoms with Gasteiger partial charge in [-0.2, -0.15) is 0 Å². The summed E-state index contributed by atoms with van der Waals surface area (Å²) in [7, 11) is 0. The van der Waals surface area contributed by atoms with Crippen molar-refractivity contribution in [2.24, 2.45) is 5.73 Å². The van der Waals surface area contributed by atoms with E-state index in [4.69, 9.17) is 15.2 Å². The van der Waals surface area contributed by atoms with Crippen molar-refractivity contribution >= 4 is 0 Å². The van der Waals surface area contributed by atoms with Crippen molar-refractivity contribution in [2.45, 2.75) is 51.9 Å². The van der Waals surface area contributed by atoms with Gasteiger partial charge in [0.1, 0.15) is 11.9 Å². The molecule has 0 aromatic heterocycles. The van der Waals surface area contributed by atoms with Crippen molar-refractivity contribution in [3.8, 4) is 0 Å². The van der Waals surface area contributed by atoms with Crippen LogP contribution >= 0.6 is 0 Å². The zero-order valence-corrected chi connectivity index (χ0v) is 12.9. The largest absolute Gasteiger partial charge is 0.373 e. The summed E-state index contributed by atoms with van der Waals surface area (Å²) in [6.45, 7) is 8.78. The first-order valence-electron chi connectivity index (χ1n) is 7.10. The van der Waals surface area contributed by atoms with Crippen LogP contribution in [-0.2, 0) is 9.47 Å². The zero-order valence-electron chi connectivity index (χ0n) is 12.9. The van der Waals surface area contributed by atoms with E-state index in [1.165, 1.54) is 6.07 Å². The van der Waals surface area contributed by atoms with E-state index in [0.29, 0.717) is 18.8 Å². The first-order valence-corrected chi connectivity index (χ1v) is 7.10. The molecule has 20 heavy (non-hydrogen) atoms. The molecule has 0 fully saturated rings. The number of halogens is 1. The zero-order chi connectivity index (χ0) is 15.2. The Hall–Kier alpha value is -0.970. The molecule has 114 valence electrons. The fourth-order valence-corrected chi connectivity index (χ4v) is 1.89. The molecule has 0 heterocycles. The molecule has 1 rings (SSSR count). The summed E-state index contributed by atoms with van der Waals surface area (Å²) in [6.07, 6.45) is 0.281. The van der Waals surface area contributed by atoms with Crippen LogP contribution in [-0.4, -0.2) is 24.9 Å². The second kappa shape index (κ2) is 7.72. The van der Waals surface area contributed by atoms with E-state index in [-0.39, 0.29) is 17.5 Å². The van der Waals surface area contributed by atoms with E-state index in [1.54, 1.807) is 18.2 Å². The van der Waals surface area contributed by atoms with Crippen LogP contribution in [0.15, 0.2) is 24.3 Å². The summed E-state index contributed by atoms with van der Waals surface area (Å²) < 4.78 is 25.2. The first kappa shape index (κ1) is 17.1. The number of hydrogen-bond donors (Lipinski definition) is 1. The Morgan fingerprint density at radius 2 is 1.85 bits per heavy atom. The van der Waals surface area contributed by atoms with E-state index >= 15 is 0 Å². The van der Waals surface area contributed by atoms with Crippen LogP contribution in [0.25, 0.3) is 0 Å². The minimum atomic E-state index is -0.440. The number of ether oxygens (including phenoxy) is 2. The van der Waals surface area contributed by atoms with E-state index in [9.17, 15) is 4.39 Å². The molecular formula is C16H26FNO2. The maximum Gasteiger partial charge on any atom is 0.129 e. The Labute approximate surface area is 121 Å². The van der Waals surface area contributed by atoms with Gasteiger partial charge in [0.25, 0.3) is 0 Å². The molecule has 0 aliphatic rings. The van der Waals surface area contributed by atoms with Crippen LogP contribution in [0, 0.1) is 5.82 Å². The average Bonchev–Trinajstić information content (AvgIpc) is 2.38. The third kappa shape index (κ3) is 5.57. The lowest BCUT2D eigenvalue weighted by Crippen LogP contribution is -2.31. The fraction of sp³-hybridized carbons (Fsp3) is 0.625. The van der Waals surface area contributed by atoms with Crippen molar-refractivity contribution in [2.75, 3.05) is 13.2 Å². The summed E-state index contributed by atoms with van der Waals surface area (Å²) >= 11 is 0. The Balaban J connectivity index is 2.65. The normalized spacial score (nSPS) is 15.1. The predicted molar refractivity (Wildman–Crippen MR) is 79.1 cm³/mol. The molecule has 0 radical (unpaired) electrons. The molecule has 0 aliphatic carbocycles. The second-order valence-corrected chi connectivity index (χ2v) is 5.85. The molecule has 1 aromatic carbocycles. The lowest BCUT2D eigenvalue weighted by Gasteiger charge is -2.25. The molecule has 0 saturated heterocycles. The SMILES string of the molecule is CCC(N)C(OCCOC(C)(C)C)c1ccccc1F. The van der Waals surface area contributed by atoms with Crippen LogP contribution in [0.5, 0.6) is 0 Å². The van der Waals surface area contributed by atoms with Gasteiger partial charge in [-0.1, -0.05) is 25.1 Å². The summed E-state index contributed by atoms with van der Waals surface area (Å²) in [5, 5.41) is 0. The highest BCUT2D eigenvalue weighted by Gasteiger charge is 2.22. The Bertz CT molecular complexity index is 404. The molecule has 2 N–H and O–H groups in total. The van der Waals surface area contributed by atoms with Crippen molar-refractivity contribution in [1.82, 2.24) is 0 Å². The summed E-state index contributed by atoms with van der Waals surface area (Å²) in [5.41, 5.74) is 6.36. The van der Waals surface area contributed by atoms with E-state index in [0.717, 1.165) is 6.42 Å². The van der Waals surface area contributed by atoms with Gasteiger partial charge in [-0.25, -0.2) is 4.39 Å². The van der Waals surface area contributed by atoms with Gasteiger partial charge in [0.2, 0.25) is 0 Å². The van der Waals surface area contributed by atoms with Gasteiger partial charge in [-0.15, -0.1) is 0 Å². The van der Waals surface area contributed by atoms with Crippen molar-refractivity contribution in [1.29, 1.82) is 0 Å². The smallest absolute Gasteiger partial charge is 0.129 e. The molecule has 2 unspecified atom stereocenters. The van der Waals surface area contributed by atoms with Crippen LogP contribution in [0.1, 0.15) is 45.8 Å². The van der Waals surface area contributed by atoms with Gasteiger partial charge < -0.3 is 15.2 Å². The van der Waals surface area contributed by atoms with Gasteiger partial charge in [0, 0.05) is 11.6 Å². The van der Waals surface area contributed by atoms with E-state index in [2.05, 4.69) is 0 Å². The molecule has 1 aromatic rings. The molecule has 0 amide bonds. The number of nitrogens with two attached hydrogens (primary N) is 1. The topological polar surface area (TPSA) is 44.5 Å². The molecule has 0 spiro atoms. The second-order valence-electron chi connectivity index (χ2n) is 5.85. The predicted octanol–water partition coefficient (Wildman–Crippen LogP) is 3.44. The maximum absolute atomic E-state index is 13.9. The van der Waals surface area contributed by atoms with Gasteiger partial charge >= 0.3 is 0 Å². The van der Waals surface area contributed by atoms with Crippen LogP contribution in [0.2, 0.25) is 0 Å². The lowest BCUT2D eigenvalue weighted by atomic mass is 10.0. The highest BCUT2D eigenvalue weighted by Crippen LogP contribution is 2.24. The molecule has 4 heteroatoms. The van der Waals surface area contributed by atoms with Crippen molar-refractivity contribution < 1.29 is 13.9 Å². The Kier molecular flexibility index (Phi) is 6.59. The number of benzene rings is 1. The van der Waals surface area contributed by atoms with Crippen molar-refractivity contribution in [3.05, 3.63) is 35.6 Å². The quantitative estimate of drug-likeness (QED) is 0.780. The highest BCUT2D eigenvalue weighted by molar-refractivity contribution is 5.21. The summed E-state index contributed by atoms with van der Waals surface area (Å²) in [5.74, 6) is -0.280. The molecule has 0 saturated carbocycles. The molecular weight excluding hydrogens is 257 g/mol. The number of hydrogen-bond acceptors (Lipinski definition) is 3. The minimum Gasteiger partial charge on any atom is -0.373 e. The van der Waals surface area contributed by atoms with Gasteiger partial charge in [0.05, 0.1) is 18.8 Å². The standard InChI is InChI=1S/C16H26FNO2/c1-5-14(18)15(12-8-6-7-9-13(12)17)19-10-11-20-16(2,3)4/h6-9,14-15H,5,10-11,18H2,1-4H3. The molecule has 0 bridgehead atoms. The fourth-order valence-electron chi connectivity index (χ4n) is 1.89. The highest BCUT2D eigenvalue weighted by atomic mass is 19.1. The lowest BCUT2D eigenvalue weighted by molar-refractivity contribution is -0.0577. The molecule has 0 aliphatic heterocycles. The van der Waals surface area contributed by atoms with E-state index in [1.807, 2.05) is 27.7 Å². The minimum absolute atomic E-state index is 0.205.